The van der Waals surface area contributed by atoms with Crippen LogP contribution in [0.2, 0.25) is 0 Å². The fourth-order valence-corrected chi connectivity index (χ4v) is 1.87. The third-order valence-corrected chi connectivity index (χ3v) is 2.92. The summed E-state index contributed by atoms with van der Waals surface area (Å²) in [5.41, 5.74) is 0.969. The van der Waals surface area contributed by atoms with Gasteiger partial charge in [0.05, 0.1) is 22.9 Å². The Morgan fingerprint density at radius 1 is 1.57 bits per heavy atom. The third-order valence-electron chi connectivity index (χ3n) is 2.36. The van der Waals surface area contributed by atoms with Gasteiger partial charge in [-0.1, -0.05) is 13.8 Å². The van der Waals surface area contributed by atoms with Crippen molar-refractivity contribution in [1.29, 1.82) is 0 Å². The van der Waals surface area contributed by atoms with Crippen LogP contribution < -0.4 is 10.1 Å². The molecule has 0 spiro atoms. The first-order chi connectivity index (χ1) is 6.68. The average molecular weight is 257 g/mol. The Hall–Kier alpha value is -0.770. The van der Waals surface area contributed by atoms with Crippen molar-refractivity contribution >= 4 is 21.6 Å². The van der Waals surface area contributed by atoms with Crippen molar-refractivity contribution in [2.45, 2.75) is 20.0 Å². The van der Waals surface area contributed by atoms with Crippen LogP contribution in [-0.2, 0) is 0 Å². The molecule has 1 atom stereocenters. The molecule has 0 saturated heterocycles. The fourth-order valence-electron chi connectivity index (χ4n) is 1.44. The first-order valence-corrected chi connectivity index (χ1v) is 5.52. The second-order valence-corrected chi connectivity index (χ2v) is 4.63. The number of rotatable bonds is 1. The zero-order valence-electron chi connectivity index (χ0n) is 8.25. The summed E-state index contributed by atoms with van der Waals surface area (Å²) in [7, 11) is 0. The van der Waals surface area contributed by atoms with Crippen molar-refractivity contribution < 1.29 is 4.74 Å². The Morgan fingerprint density at radius 2 is 2.36 bits per heavy atom. The maximum absolute atomic E-state index is 5.87. The van der Waals surface area contributed by atoms with Crippen LogP contribution >= 0.6 is 15.9 Å². The van der Waals surface area contributed by atoms with E-state index in [0.29, 0.717) is 5.92 Å². The fraction of sp³-hybridized carbons (Fsp3) is 0.500. The number of nitrogens with one attached hydrogen (secondary N) is 1. The van der Waals surface area contributed by atoms with E-state index in [0.717, 1.165) is 22.5 Å². The third kappa shape index (κ3) is 1.71. The molecule has 0 aliphatic carbocycles. The average Bonchev–Trinajstić information content (AvgIpc) is 2.18. The highest BCUT2D eigenvalue weighted by atomic mass is 79.9. The van der Waals surface area contributed by atoms with E-state index >= 15 is 0 Å². The summed E-state index contributed by atoms with van der Waals surface area (Å²) in [5.74, 6) is 1.39. The van der Waals surface area contributed by atoms with Crippen LogP contribution in [0.3, 0.4) is 0 Å². The Balaban J connectivity index is 2.29. The minimum Gasteiger partial charge on any atom is -0.485 e. The number of nitrogens with zero attached hydrogens (tertiary/aromatic N) is 1. The van der Waals surface area contributed by atoms with Crippen molar-refractivity contribution in [3.63, 3.8) is 0 Å². The van der Waals surface area contributed by atoms with Crippen LogP contribution in [-0.4, -0.2) is 17.6 Å². The van der Waals surface area contributed by atoms with Crippen LogP contribution in [0, 0.1) is 5.92 Å². The lowest BCUT2D eigenvalue weighted by Crippen LogP contribution is -2.35. The van der Waals surface area contributed by atoms with Gasteiger partial charge >= 0.3 is 0 Å². The summed E-state index contributed by atoms with van der Waals surface area (Å²) >= 11 is 3.43. The molecule has 0 bridgehead atoms. The van der Waals surface area contributed by atoms with Gasteiger partial charge in [0.2, 0.25) is 0 Å². The van der Waals surface area contributed by atoms with Gasteiger partial charge in [-0.2, -0.15) is 0 Å². The molecule has 0 amide bonds. The zero-order chi connectivity index (χ0) is 10.1. The Kier molecular flexibility index (Phi) is 2.63. The van der Waals surface area contributed by atoms with Crippen LogP contribution in [0.15, 0.2) is 16.9 Å². The molecule has 76 valence electrons. The molecule has 4 heteroatoms. The highest BCUT2D eigenvalue weighted by Gasteiger charge is 2.23. The van der Waals surface area contributed by atoms with Gasteiger partial charge in [0, 0.05) is 6.20 Å². The molecule has 0 radical (unpaired) electrons. The molecule has 0 fully saturated rings. The monoisotopic (exact) mass is 256 g/mol. The summed E-state index contributed by atoms with van der Waals surface area (Å²) in [5, 5.41) is 3.32. The number of ether oxygens (including phenoxy) is 1. The van der Waals surface area contributed by atoms with Gasteiger partial charge in [0.25, 0.3) is 0 Å². The maximum atomic E-state index is 5.87. The van der Waals surface area contributed by atoms with Gasteiger partial charge in [0.1, 0.15) is 6.10 Å². The van der Waals surface area contributed by atoms with Crippen LogP contribution in [0.5, 0.6) is 5.75 Å². The van der Waals surface area contributed by atoms with Gasteiger partial charge in [-0.05, 0) is 21.8 Å². The molecular weight excluding hydrogens is 244 g/mol. The first-order valence-electron chi connectivity index (χ1n) is 4.72. The van der Waals surface area contributed by atoms with Gasteiger partial charge in [0.15, 0.2) is 5.75 Å². The number of anilines is 1. The maximum Gasteiger partial charge on any atom is 0.160 e. The highest BCUT2D eigenvalue weighted by Crippen LogP contribution is 2.36. The molecular formula is C10H13BrN2O. The minimum absolute atomic E-state index is 0.237. The largest absolute Gasteiger partial charge is 0.485 e. The molecule has 1 aliphatic heterocycles. The van der Waals surface area contributed by atoms with E-state index in [4.69, 9.17) is 4.74 Å². The number of hydrogen-bond donors (Lipinski definition) is 1. The molecule has 2 heterocycles. The van der Waals surface area contributed by atoms with E-state index in [9.17, 15) is 0 Å². The van der Waals surface area contributed by atoms with E-state index in [1.807, 2.05) is 0 Å². The number of fused-ring (bicyclic) bond motifs is 1. The van der Waals surface area contributed by atoms with Crippen molar-refractivity contribution in [1.82, 2.24) is 4.98 Å². The zero-order valence-corrected chi connectivity index (χ0v) is 9.84. The van der Waals surface area contributed by atoms with Crippen molar-refractivity contribution in [2.75, 3.05) is 11.9 Å². The summed E-state index contributed by atoms with van der Waals surface area (Å²) < 4.78 is 6.78. The molecule has 0 unspecified atom stereocenters. The lowest BCUT2D eigenvalue weighted by Gasteiger charge is -2.30. The molecule has 0 saturated carbocycles. The van der Waals surface area contributed by atoms with E-state index in [1.54, 1.807) is 12.4 Å². The first kappa shape index (κ1) is 9.77. The Bertz CT molecular complexity index is 341. The van der Waals surface area contributed by atoms with E-state index in [2.05, 4.69) is 40.1 Å². The number of hydrogen-bond acceptors (Lipinski definition) is 3. The van der Waals surface area contributed by atoms with Gasteiger partial charge in [-0.3, -0.25) is 4.98 Å². The summed E-state index contributed by atoms with van der Waals surface area (Å²) in [6, 6.07) is 0. The molecule has 1 N–H and O–H groups in total. The summed E-state index contributed by atoms with van der Waals surface area (Å²) in [6.45, 7) is 5.17. The molecule has 0 aromatic carbocycles. The van der Waals surface area contributed by atoms with E-state index in [-0.39, 0.29) is 6.10 Å². The molecule has 3 nitrogen and oxygen atoms in total. The second kappa shape index (κ2) is 3.77. The van der Waals surface area contributed by atoms with Crippen molar-refractivity contribution in [3.8, 4) is 5.75 Å². The predicted molar refractivity (Wildman–Crippen MR) is 59.7 cm³/mol. The number of pyridine rings is 1. The SMILES string of the molecule is CC(C)[C@H]1CNc2cncc(Br)c2O1. The quantitative estimate of drug-likeness (QED) is 0.839. The van der Waals surface area contributed by atoms with Crippen LogP contribution in [0.4, 0.5) is 5.69 Å². The van der Waals surface area contributed by atoms with Crippen molar-refractivity contribution in [3.05, 3.63) is 16.9 Å². The Morgan fingerprint density at radius 3 is 3.07 bits per heavy atom. The smallest absolute Gasteiger partial charge is 0.160 e. The molecule has 1 aliphatic rings. The van der Waals surface area contributed by atoms with E-state index < -0.39 is 0 Å². The number of halogens is 1. The topological polar surface area (TPSA) is 34.2 Å². The lowest BCUT2D eigenvalue weighted by molar-refractivity contribution is 0.155. The lowest BCUT2D eigenvalue weighted by atomic mass is 10.1. The molecule has 14 heavy (non-hydrogen) atoms. The second-order valence-electron chi connectivity index (χ2n) is 3.78. The van der Waals surface area contributed by atoms with Gasteiger partial charge < -0.3 is 10.1 Å². The Labute approximate surface area is 92.0 Å². The molecule has 1 aromatic rings. The minimum atomic E-state index is 0.237. The van der Waals surface area contributed by atoms with Crippen LogP contribution in [0.1, 0.15) is 13.8 Å². The summed E-state index contributed by atoms with van der Waals surface area (Å²) in [4.78, 5) is 4.08. The molecule has 1 aromatic heterocycles. The highest BCUT2D eigenvalue weighted by molar-refractivity contribution is 9.10. The van der Waals surface area contributed by atoms with E-state index in [1.165, 1.54) is 0 Å². The number of aromatic nitrogens is 1. The predicted octanol–water partition coefficient (Wildman–Crippen LogP) is 2.67. The standard InChI is InChI=1S/C10H13BrN2O/c1-6(2)9-5-13-8-4-12-3-7(11)10(8)14-9/h3-4,6,9,13H,5H2,1-2H3/t9-/m1/s1. The normalized spacial score (nSPS) is 19.9. The molecule has 2 rings (SSSR count). The van der Waals surface area contributed by atoms with Crippen LogP contribution in [0.25, 0.3) is 0 Å². The summed E-state index contributed by atoms with van der Waals surface area (Å²) in [6.07, 6.45) is 3.78. The van der Waals surface area contributed by atoms with Gasteiger partial charge in [-0.25, -0.2) is 0 Å². The van der Waals surface area contributed by atoms with Gasteiger partial charge in [-0.15, -0.1) is 0 Å². The van der Waals surface area contributed by atoms with Crippen molar-refractivity contribution in [2.24, 2.45) is 5.92 Å².